The van der Waals surface area contributed by atoms with Crippen LogP contribution in [0.15, 0.2) is 27.9 Å². The summed E-state index contributed by atoms with van der Waals surface area (Å²) in [5.74, 6) is 2.76. The van der Waals surface area contributed by atoms with Crippen molar-refractivity contribution in [2.45, 2.75) is 31.3 Å². The normalized spacial score (nSPS) is 21.0. The van der Waals surface area contributed by atoms with Gasteiger partial charge in [0.2, 0.25) is 0 Å². The lowest BCUT2D eigenvalue weighted by atomic mass is 10.2. The molecule has 29 heavy (non-hydrogen) atoms. The zero-order valence-electron chi connectivity index (χ0n) is 15.0. The molecule has 0 unspecified atom stereocenters. The summed E-state index contributed by atoms with van der Waals surface area (Å²) in [4.78, 5) is 47.7. The number of carbonyl (C=O) groups is 2. The Labute approximate surface area is 163 Å². The fourth-order valence-corrected chi connectivity index (χ4v) is 2.50. The van der Waals surface area contributed by atoms with E-state index in [1.807, 2.05) is 0 Å². The molecule has 2 rings (SSSR count). The molecule has 1 aromatic heterocycles. The topological polar surface area (TPSA) is 182 Å². The maximum absolute atomic E-state index is 12.0. The highest BCUT2D eigenvalue weighted by molar-refractivity contribution is 5.93. The number of H-pyrrole nitrogens is 1. The van der Waals surface area contributed by atoms with Gasteiger partial charge in [0.25, 0.3) is 11.5 Å². The first kappa shape index (κ1) is 22.1. The van der Waals surface area contributed by atoms with Gasteiger partial charge >= 0.3 is 11.7 Å². The quantitative estimate of drug-likeness (QED) is 0.150. The van der Waals surface area contributed by atoms with Gasteiger partial charge in [-0.3, -0.25) is 24.3 Å². The summed E-state index contributed by atoms with van der Waals surface area (Å²) in [6.45, 7) is -0.677. The summed E-state index contributed by atoms with van der Waals surface area (Å²) >= 11 is 0. The third-order valence-electron chi connectivity index (χ3n) is 3.96. The molecule has 1 fully saturated rings. The predicted octanol–water partition coefficient (Wildman–Crippen LogP) is -2.22. The molecule has 0 bridgehead atoms. The maximum Gasteiger partial charge on any atom is 0.330 e. The van der Waals surface area contributed by atoms with Crippen LogP contribution < -0.4 is 11.2 Å². The van der Waals surface area contributed by atoms with Gasteiger partial charge in [-0.1, -0.05) is 11.8 Å². The van der Waals surface area contributed by atoms with Crippen LogP contribution in [-0.2, 0) is 14.3 Å². The number of nitrogens with one attached hydrogen (secondary N) is 1. The number of ether oxygens (including phenoxy) is 1. The fraction of sp³-hybridized carbons (Fsp3) is 0.412. The minimum Gasteiger partial charge on any atom is -0.478 e. The SMILES string of the molecule is O=C(O)/C=C/C(=O)N(O)CCC#Cc1cn([C@H]2C[C@H](O)[C@@H](CO)O2)c(=O)[nH]c1=O. The van der Waals surface area contributed by atoms with E-state index >= 15 is 0 Å². The molecule has 12 nitrogen and oxygen atoms in total. The number of aromatic amines is 1. The van der Waals surface area contributed by atoms with E-state index in [1.165, 1.54) is 0 Å². The van der Waals surface area contributed by atoms with Crippen molar-refractivity contribution in [3.05, 3.63) is 44.8 Å². The van der Waals surface area contributed by atoms with Crippen LogP contribution >= 0.6 is 0 Å². The van der Waals surface area contributed by atoms with Crippen molar-refractivity contribution in [3.8, 4) is 11.8 Å². The zero-order valence-corrected chi connectivity index (χ0v) is 15.0. The van der Waals surface area contributed by atoms with E-state index < -0.39 is 48.2 Å². The van der Waals surface area contributed by atoms with E-state index in [2.05, 4.69) is 16.8 Å². The maximum atomic E-state index is 12.0. The van der Waals surface area contributed by atoms with Crippen LogP contribution in [0.1, 0.15) is 24.6 Å². The van der Waals surface area contributed by atoms with Crippen molar-refractivity contribution in [2.75, 3.05) is 13.2 Å². The van der Waals surface area contributed by atoms with Gasteiger partial charge in [-0.15, -0.1) is 0 Å². The highest BCUT2D eigenvalue weighted by Crippen LogP contribution is 2.27. The van der Waals surface area contributed by atoms with E-state index in [-0.39, 0.29) is 30.0 Å². The second-order valence-electron chi connectivity index (χ2n) is 6.01. The number of hydrogen-bond acceptors (Lipinski definition) is 8. The molecular formula is C17H19N3O9. The third-order valence-corrected chi connectivity index (χ3v) is 3.96. The number of carbonyl (C=O) groups excluding carboxylic acids is 1. The van der Waals surface area contributed by atoms with Gasteiger partial charge in [0.15, 0.2) is 0 Å². The lowest BCUT2D eigenvalue weighted by Gasteiger charge is -2.14. The molecule has 1 saturated heterocycles. The number of carboxylic acid groups (broad SMARTS) is 1. The monoisotopic (exact) mass is 409 g/mol. The molecule has 2 heterocycles. The molecule has 0 spiro atoms. The molecule has 0 saturated carbocycles. The Hall–Kier alpha value is -3.24. The van der Waals surface area contributed by atoms with Gasteiger partial charge in [0.1, 0.15) is 17.9 Å². The second kappa shape index (κ2) is 9.80. The number of aliphatic hydroxyl groups excluding tert-OH is 2. The Morgan fingerprint density at radius 1 is 1.38 bits per heavy atom. The average Bonchev–Trinajstić information content (AvgIpc) is 3.04. The van der Waals surface area contributed by atoms with Gasteiger partial charge in [-0.2, -0.15) is 0 Å². The summed E-state index contributed by atoms with van der Waals surface area (Å²) in [6.07, 6.45) is -0.322. The first-order valence-corrected chi connectivity index (χ1v) is 8.43. The Balaban J connectivity index is 2.07. The Bertz CT molecular complexity index is 969. The van der Waals surface area contributed by atoms with Gasteiger partial charge in [-0.05, 0) is 0 Å². The lowest BCUT2D eigenvalue weighted by molar-refractivity contribution is -0.159. The molecule has 5 N–H and O–H groups in total. The van der Waals surface area contributed by atoms with Crippen LogP contribution in [0.2, 0.25) is 0 Å². The van der Waals surface area contributed by atoms with Gasteiger partial charge in [-0.25, -0.2) is 14.7 Å². The largest absolute Gasteiger partial charge is 0.478 e. The molecule has 156 valence electrons. The van der Waals surface area contributed by atoms with E-state index in [1.54, 1.807) is 0 Å². The molecule has 0 aliphatic carbocycles. The summed E-state index contributed by atoms with van der Waals surface area (Å²) < 4.78 is 6.42. The third kappa shape index (κ3) is 5.87. The molecular weight excluding hydrogens is 390 g/mol. The number of rotatable bonds is 6. The molecule has 12 heteroatoms. The van der Waals surface area contributed by atoms with Crippen molar-refractivity contribution >= 4 is 11.9 Å². The zero-order chi connectivity index (χ0) is 21.6. The van der Waals surface area contributed by atoms with Crippen LogP contribution in [0.4, 0.5) is 0 Å². The number of carboxylic acids is 1. The van der Waals surface area contributed by atoms with Gasteiger partial charge < -0.3 is 20.1 Å². The lowest BCUT2D eigenvalue weighted by Crippen LogP contribution is -2.33. The Morgan fingerprint density at radius 2 is 2.10 bits per heavy atom. The van der Waals surface area contributed by atoms with Crippen LogP contribution in [0.5, 0.6) is 0 Å². The Kier molecular flexibility index (Phi) is 7.46. The van der Waals surface area contributed by atoms with Crippen LogP contribution in [-0.4, -0.2) is 72.4 Å². The molecule has 0 aromatic carbocycles. The van der Waals surface area contributed by atoms with Crippen molar-refractivity contribution in [3.63, 3.8) is 0 Å². The number of aliphatic carboxylic acids is 1. The number of hydroxylamine groups is 2. The summed E-state index contributed by atoms with van der Waals surface area (Å²) in [5.41, 5.74) is -1.61. The highest BCUT2D eigenvalue weighted by Gasteiger charge is 2.35. The summed E-state index contributed by atoms with van der Waals surface area (Å²) in [5, 5.41) is 37.1. The van der Waals surface area contributed by atoms with E-state index in [4.69, 9.17) is 14.9 Å². The number of hydrogen-bond donors (Lipinski definition) is 5. The molecule has 1 aliphatic rings. The smallest absolute Gasteiger partial charge is 0.330 e. The van der Waals surface area contributed by atoms with Crippen LogP contribution in [0.25, 0.3) is 0 Å². The molecule has 0 radical (unpaired) electrons. The van der Waals surface area contributed by atoms with Crippen molar-refractivity contribution < 1.29 is 34.9 Å². The molecule has 1 aromatic rings. The minimum atomic E-state index is -1.34. The predicted molar refractivity (Wildman–Crippen MR) is 94.7 cm³/mol. The van der Waals surface area contributed by atoms with Crippen molar-refractivity contribution in [1.82, 2.24) is 14.6 Å². The first-order chi connectivity index (χ1) is 13.7. The Morgan fingerprint density at radius 3 is 2.72 bits per heavy atom. The van der Waals surface area contributed by atoms with E-state index in [0.717, 1.165) is 10.8 Å². The molecule has 1 aliphatic heterocycles. The minimum absolute atomic E-state index is 0.0372. The standard InChI is InChI=1S/C17H19N3O9/c21-9-12-11(22)7-14(29-12)19-8-10(16(26)18-17(19)27)3-1-2-6-20(28)13(23)4-5-15(24)25/h4-5,8,11-12,14,21-22,28H,2,6-7,9H2,(H,24,25)(H,18,26,27)/b5-4+/t11-,12+,14+/m0/s1. The van der Waals surface area contributed by atoms with Gasteiger partial charge in [0.05, 0.1) is 19.3 Å². The van der Waals surface area contributed by atoms with Gasteiger partial charge in [0, 0.05) is 31.2 Å². The van der Waals surface area contributed by atoms with E-state index in [0.29, 0.717) is 12.2 Å². The number of nitrogens with zero attached hydrogens (tertiary/aromatic N) is 2. The summed E-state index contributed by atoms with van der Waals surface area (Å²) in [6, 6.07) is 0. The number of aliphatic hydroxyl groups is 2. The second-order valence-corrected chi connectivity index (χ2v) is 6.01. The van der Waals surface area contributed by atoms with Crippen molar-refractivity contribution in [2.24, 2.45) is 0 Å². The number of aromatic nitrogens is 2. The first-order valence-electron chi connectivity index (χ1n) is 8.43. The molecule has 1 amide bonds. The average molecular weight is 409 g/mol. The van der Waals surface area contributed by atoms with Crippen LogP contribution in [0, 0.1) is 11.8 Å². The fourth-order valence-electron chi connectivity index (χ4n) is 2.50. The summed E-state index contributed by atoms with van der Waals surface area (Å²) in [7, 11) is 0. The van der Waals surface area contributed by atoms with Crippen molar-refractivity contribution in [1.29, 1.82) is 0 Å². The van der Waals surface area contributed by atoms with Crippen LogP contribution in [0.3, 0.4) is 0 Å². The molecule has 3 atom stereocenters. The highest BCUT2D eigenvalue weighted by atomic mass is 16.5. The van der Waals surface area contributed by atoms with E-state index in [9.17, 15) is 29.5 Å². The number of amides is 1.